The molecular weight excluding hydrogens is 217 g/mol. The van der Waals surface area contributed by atoms with E-state index in [1.54, 1.807) is 6.07 Å². The Labute approximate surface area is 99.1 Å². The Hall–Kier alpha value is -2.28. The molecule has 86 valence electrons. The van der Waals surface area contributed by atoms with Crippen LogP contribution < -0.4 is 5.32 Å². The van der Waals surface area contributed by atoms with Crippen LogP contribution in [0.25, 0.3) is 0 Å². The molecule has 0 aliphatic carbocycles. The van der Waals surface area contributed by atoms with Crippen LogP contribution in [-0.2, 0) is 13.6 Å². The lowest BCUT2D eigenvalue weighted by molar-refractivity contribution is 0.624. The molecule has 0 amide bonds. The van der Waals surface area contributed by atoms with Gasteiger partial charge in [0.1, 0.15) is 11.9 Å². The van der Waals surface area contributed by atoms with Crippen LogP contribution in [0, 0.1) is 17.1 Å². The van der Waals surface area contributed by atoms with E-state index in [0.29, 0.717) is 6.54 Å². The van der Waals surface area contributed by atoms with Gasteiger partial charge in [0.05, 0.1) is 5.56 Å². The summed E-state index contributed by atoms with van der Waals surface area (Å²) in [5.74, 6) is -0.488. The van der Waals surface area contributed by atoms with Gasteiger partial charge in [-0.15, -0.1) is 0 Å². The molecule has 0 unspecified atom stereocenters. The van der Waals surface area contributed by atoms with E-state index in [1.165, 1.54) is 12.1 Å². The second kappa shape index (κ2) is 4.71. The standard InChI is InChI=1S/C13H12FN3/c1-17-5-4-10(9-17)8-16-12-2-3-13(14)11(6-12)7-15/h2-6,9,16H,8H2,1H3. The molecule has 1 heterocycles. The van der Waals surface area contributed by atoms with E-state index in [1.807, 2.05) is 36.1 Å². The number of rotatable bonds is 3. The third-order valence-electron chi connectivity index (χ3n) is 2.48. The third kappa shape index (κ3) is 2.64. The molecule has 1 aromatic carbocycles. The molecule has 17 heavy (non-hydrogen) atoms. The lowest BCUT2D eigenvalue weighted by atomic mass is 10.2. The van der Waals surface area contributed by atoms with E-state index < -0.39 is 5.82 Å². The number of halogens is 1. The molecule has 0 bridgehead atoms. The highest BCUT2D eigenvalue weighted by Crippen LogP contribution is 2.14. The van der Waals surface area contributed by atoms with Crippen molar-refractivity contribution in [3.8, 4) is 6.07 Å². The number of nitrogens with one attached hydrogen (secondary N) is 1. The van der Waals surface area contributed by atoms with Crippen LogP contribution in [0.2, 0.25) is 0 Å². The van der Waals surface area contributed by atoms with E-state index in [2.05, 4.69) is 5.32 Å². The minimum Gasteiger partial charge on any atom is -0.381 e. The Bertz CT molecular complexity index is 566. The second-order valence-electron chi connectivity index (χ2n) is 3.85. The Balaban J connectivity index is 2.07. The van der Waals surface area contributed by atoms with E-state index >= 15 is 0 Å². The van der Waals surface area contributed by atoms with E-state index in [4.69, 9.17) is 5.26 Å². The Kier molecular flexibility index (Phi) is 3.10. The Morgan fingerprint density at radius 2 is 2.24 bits per heavy atom. The highest BCUT2D eigenvalue weighted by molar-refractivity contribution is 5.50. The van der Waals surface area contributed by atoms with Crippen LogP contribution >= 0.6 is 0 Å². The van der Waals surface area contributed by atoms with E-state index in [9.17, 15) is 4.39 Å². The van der Waals surface area contributed by atoms with Gasteiger partial charge in [-0.3, -0.25) is 0 Å². The van der Waals surface area contributed by atoms with Crippen molar-refractivity contribution in [1.29, 1.82) is 5.26 Å². The summed E-state index contributed by atoms with van der Waals surface area (Å²) in [6.45, 7) is 0.650. The molecule has 1 N–H and O–H groups in total. The zero-order valence-electron chi connectivity index (χ0n) is 9.44. The first kappa shape index (κ1) is 11.2. The largest absolute Gasteiger partial charge is 0.381 e. The van der Waals surface area contributed by atoms with Gasteiger partial charge in [0.25, 0.3) is 0 Å². The fourth-order valence-corrected chi connectivity index (χ4v) is 1.59. The number of aryl methyl sites for hydroxylation is 1. The topological polar surface area (TPSA) is 40.8 Å². The summed E-state index contributed by atoms with van der Waals surface area (Å²) in [7, 11) is 1.95. The predicted octanol–water partition coefficient (Wildman–Crippen LogP) is 2.65. The average Bonchev–Trinajstić information content (AvgIpc) is 2.74. The maximum absolute atomic E-state index is 13.1. The highest BCUT2D eigenvalue weighted by Gasteiger charge is 2.02. The first-order valence-corrected chi connectivity index (χ1v) is 5.23. The lowest BCUT2D eigenvalue weighted by Gasteiger charge is -2.05. The fourth-order valence-electron chi connectivity index (χ4n) is 1.59. The highest BCUT2D eigenvalue weighted by atomic mass is 19.1. The Morgan fingerprint density at radius 1 is 1.41 bits per heavy atom. The summed E-state index contributed by atoms with van der Waals surface area (Å²) in [4.78, 5) is 0. The molecule has 0 aliphatic heterocycles. The summed E-state index contributed by atoms with van der Waals surface area (Å²) in [6.07, 6.45) is 3.96. The molecule has 3 nitrogen and oxygen atoms in total. The summed E-state index contributed by atoms with van der Waals surface area (Å²) in [6, 6.07) is 8.25. The van der Waals surface area contributed by atoms with Gasteiger partial charge in [-0.25, -0.2) is 4.39 Å². The van der Waals surface area contributed by atoms with E-state index in [0.717, 1.165) is 11.3 Å². The van der Waals surface area contributed by atoms with Crippen LogP contribution in [0.3, 0.4) is 0 Å². The van der Waals surface area contributed by atoms with E-state index in [-0.39, 0.29) is 5.56 Å². The molecule has 1 aromatic heterocycles. The normalized spacial score (nSPS) is 9.94. The molecule has 0 saturated carbocycles. The molecule has 0 aliphatic rings. The first-order valence-electron chi connectivity index (χ1n) is 5.23. The van der Waals surface area contributed by atoms with Gasteiger partial charge in [0.15, 0.2) is 0 Å². The van der Waals surface area contributed by atoms with Gasteiger partial charge in [-0.05, 0) is 29.8 Å². The number of aromatic nitrogens is 1. The quantitative estimate of drug-likeness (QED) is 0.879. The van der Waals surface area contributed by atoms with Crippen molar-refractivity contribution in [3.05, 3.63) is 53.6 Å². The van der Waals surface area contributed by atoms with Crippen molar-refractivity contribution in [1.82, 2.24) is 4.57 Å². The third-order valence-corrected chi connectivity index (χ3v) is 2.48. The second-order valence-corrected chi connectivity index (χ2v) is 3.85. The summed E-state index contributed by atoms with van der Waals surface area (Å²) in [5, 5.41) is 11.9. The van der Waals surface area contributed by atoms with Crippen LogP contribution in [0.15, 0.2) is 36.7 Å². The van der Waals surface area contributed by atoms with Crippen LogP contribution in [-0.4, -0.2) is 4.57 Å². The summed E-state index contributed by atoms with van der Waals surface area (Å²) >= 11 is 0. The maximum Gasteiger partial charge on any atom is 0.141 e. The average molecular weight is 229 g/mol. The fraction of sp³-hybridized carbons (Fsp3) is 0.154. The van der Waals surface area contributed by atoms with Crippen molar-refractivity contribution >= 4 is 5.69 Å². The van der Waals surface area contributed by atoms with Gasteiger partial charge in [0.2, 0.25) is 0 Å². The van der Waals surface area contributed by atoms with Crippen molar-refractivity contribution in [3.63, 3.8) is 0 Å². The minimum absolute atomic E-state index is 0.0584. The number of nitrogens with zero attached hydrogens (tertiary/aromatic N) is 2. The van der Waals surface area contributed by atoms with Crippen LogP contribution in [0.5, 0.6) is 0 Å². The molecule has 0 spiro atoms. The van der Waals surface area contributed by atoms with Gasteiger partial charge >= 0.3 is 0 Å². The smallest absolute Gasteiger partial charge is 0.141 e. The number of nitriles is 1. The first-order chi connectivity index (χ1) is 8.19. The lowest BCUT2D eigenvalue weighted by Crippen LogP contribution is -1.99. The SMILES string of the molecule is Cn1ccc(CNc2ccc(F)c(C#N)c2)c1. The molecule has 0 atom stereocenters. The monoisotopic (exact) mass is 229 g/mol. The number of hydrogen-bond acceptors (Lipinski definition) is 2. The number of benzene rings is 1. The molecule has 2 rings (SSSR count). The van der Waals surface area contributed by atoms with Gasteiger partial charge in [-0.2, -0.15) is 5.26 Å². The van der Waals surface area contributed by atoms with Gasteiger partial charge < -0.3 is 9.88 Å². The van der Waals surface area contributed by atoms with Crippen LogP contribution in [0.4, 0.5) is 10.1 Å². The summed E-state index contributed by atoms with van der Waals surface area (Å²) in [5.41, 5.74) is 1.94. The molecule has 4 heteroatoms. The minimum atomic E-state index is -0.488. The maximum atomic E-state index is 13.1. The number of anilines is 1. The zero-order chi connectivity index (χ0) is 12.3. The zero-order valence-corrected chi connectivity index (χ0v) is 9.44. The molecule has 0 radical (unpaired) electrons. The molecule has 2 aromatic rings. The molecule has 0 saturated heterocycles. The van der Waals surface area contributed by atoms with Crippen molar-refractivity contribution in [2.75, 3.05) is 5.32 Å². The van der Waals surface area contributed by atoms with Crippen molar-refractivity contribution < 1.29 is 4.39 Å². The van der Waals surface area contributed by atoms with Crippen molar-refractivity contribution in [2.24, 2.45) is 7.05 Å². The van der Waals surface area contributed by atoms with Gasteiger partial charge in [0, 0.05) is 31.7 Å². The molecule has 0 fully saturated rings. The molecular formula is C13H12FN3. The van der Waals surface area contributed by atoms with Gasteiger partial charge in [-0.1, -0.05) is 0 Å². The van der Waals surface area contributed by atoms with Crippen molar-refractivity contribution in [2.45, 2.75) is 6.54 Å². The predicted molar refractivity (Wildman–Crippen MR) is 63.9 cm³/mol. The Morgan fingerprint density at radius 3 is 2.88 bits per heavy atom. The summed E-state index contributed by atoms with van der Waals surface area (Å²) < 4.78 is 15.0. The van der Waals surface area contributed by atoms with Crippen LogP contribution in [0.1, 0.15) is 11.1 Å². The number of hydrogen-bond donors (Lipinski definition) is 1.